The summed E-state index contributed by atoms with van der Waals surface area (Å²) in [6.07, 6.45) is 6.12. The summed E-state index contributed by atoms with van der Waals surface area (Å²) in [7, 11) is 0. The van der Waals surface area contributed by atoms with Crippen molar-refractivity contribution in [2.24, 2.45) is 11.7 Å². The molecule has 14 heavy (non-hydrogen) atoms. The van der Waals surface area contributed by atoms with Crippen LogP contribution in [-0.2, 0) is 13.0 Å². The normalized spacial score (nSPS) is 13.5. The van der Waals surface area contributed by atoms with Crippen LogP contribution in [0.1, 0.15) is 32.8 Å². The van der Waals surface area contributed by atoms with Crippen molar-refractivity contribution < 1.29 is 0 Å². The minimum absolute atomic E-state index is 0.220. The lowest BCUT2D eigenvalue weighted by Crippen LogP contribution is -2.17. The van der Waals surface area contributed by atoms with Gasteiger partial charge in [-0.05, 0) is 31.2 Å². The second kappa shape index (κ2) is 5.15. The molecule has 0 amide bonds. The van der Waals surface area contributed by atoms with Crippen molar-refractivity contribution in [1.82, 2.24) is 9.78 Å². The van der Waals surface area contributed by atoms with Crippen LogP contribution >= 0.6 is 0 Å². The zero-order valence-corrected chi connectivity index (χ0v) is 9.40. The van der Waals surface area contributed by atoms with E-state index in [-0.39, 0.29) is 6.04 Å². The average molecular weight is 195 g/mol. The van der Waals surface area contributed by atoms with Crippen molar-refractivity contribution >= 4 is 0 Å². The molecule has 0 saturated heterocycles. The smallest absolute Gasteiger partial charge is 0.0522 e. The Hall–Kier alpha value is -0.830. The fourth-order valence-electron chi connectivity index (χ4n) is 1.40. The van der Waals surface area contributed by atoms with E-state index in [1.165, 1.54) is 12.0 Å². The number of rotatable bonds is 5. The summed E-state index contributed by atoms with van der Waals surface area (Å²) >= 11 is 0. The second-order valence-corrected chi connectivity index (χ2v) is 4.48. The Morgan fingerprint density at radius 2 is 2.14 bits per heavy atom. The van der Waals surface area contributed by atoms with E-state index >= 15 is 0 Å². The maximum absolute atomic E-state index is 5.72. The van der Waals surface area contributed by atoms with Gasteiger partial charge in [-0.25, -0.2) is 0 Å². The number of nitrogens with zero attached hydrogens (tertiary/aromatic N) is 2. The molecule has 0 aliphatic carbocycles. The van der Waals surface area contributed by atoms with E-state index in [1.807, 2.05) is 17.8 Å². The lowest BCUT2D eigenvalue weighted by atomic mass is 10.1. The van der Waals surface area contributed by atoms with Gasteiger partial charge >= 0.3 is 0 Å². The molecule has 1 heterocycles. The molecular formula is C11H21N3. The molecule has 0 fully saturated rings. The maximum Gasteiger partial charge on any atom is 0.0522 e. The van der Waals surface area contributed by atoms with E-state index in [4.69, 9.17) is 5.73 Å². The monoisotopic (exact) mass is 195 g/mol. The van der Waals surface area contributed by atoms with Crippen molar-refractivity contribution in [1.29, 1.82) is 0 Å². The summed E-state index contributed by atoms with van der Waals surface area (Å²) in [6, 6.07) is 0.220. The first kappa shape index (κ1) is 11.2. The standard InChI is InChI=1S/C11H21N3/c1-9(2)4-5-14-8-11(7-13-14)6-10(3)12/h7-10H,4-6,12H2,1-3H3. The van der Waals surface area contributed by atoms with Gasteiger partial charge in [0, 0.05) is 18.8 Å². The van der Waals surface area contributed by atoms with Crippen LogP contribution in [0.5, 0.6) is 0 Å². The molecule has 0 saturated carbocycles. The molecule has 1 rings (SSSR count). The molecule has 0 bridgehead atoms. The topological polar surface area (TPSA) is 43.8 Å². The summed E-state index contributed by atoms with van der Waals surface area (Å²) in [4.78, 5) is 0. The van der Waals surface area contributed by atoms with Gasteiger partial charge in [0.25, 0.3) is 0 Å². The van der Waals surface area contributed by atoms with Gasteiger partial charge in [-0.3, -0.25) is 4.68 Å². The van der Waals surface area contributed by atoms with Crippen molar-refractivity contribution in [3.8, 4) is 0 Å². The van der Waals surface area contributed by atoms with Crippen LogP contribution in [0, 0.1) is 5.92 Å². The Morgan fingerprint density at radius 1 is 1.43 bits per heavy atom. The van der Waals surface area contributed by atoms with E-state index in [2.05, 4.69) is 25.1 Å². The lowest BCUT2D eigenvalue weighted by molar-refractivity contribution is 0.487. The molecule has 1 unspecified atom stereocenters. The summed E-state index contributed by atoms with van der Waals surface area (Å²) in [5, 5.41) is 4.30. The van der Waals surface area contributed by atoms with Gasteiger partial charge in [-0.1, -0.05) is 13.8 Å². The zero-order chi connectivity index (χ0) is 10.6. The first-order valence-corrected chi connectivity index (χ1v) is 5.35. The van der Waals surface area contributed by atoms with Crippen LogP contribution < -0.4 is 5.73 Å². The summed E-state index contributed by atoms with van der Waals surface area (Å²) < 4.78 is 2.01. The van der Waals surface area contributed by atoms with Gasteiger partial charge in [0.2, 0.25) is 0 Å². The van der Waals surface area contributed by atoms with Crippen LogP contribution in [0.15, 0.2) is 12.4 Å². The van der Waals surface area contributed by atoms with Gasteiger partial charge in [-0.2, -0.15) is 5.10 Å². The molecule has 80 valence electrons. The molecule has 3 heteroatoms. The van der Waals surface area contributed by atoms with Crippen LogP contribution in [0.4, 0.5) is 0 Å². The summed E-state index contributed by atoms with van der Waals surface area (Å²) in [5.74, 6) is 0.732. The molecule has 0 aliphatic rings. The van der Waals surface area contributed by atoms with E-state index in [0.717, 1.165) is 18.9 Å². The van der Waals surface area contributed by atoms with Crippen molar-refractivity contribution in [2.75, 3.05) is 0 Å². The molecule has 3 nitrogen and oxygen atoms in total. The predicted octanol–water partition coefficient (Wildman–Crippen LogP) is 1.82. The number of nitrogens with two attached hydrogens (primary N) is 1. The predicted molar refractivity (Wildman–Crippen MR) is 59.0 cm³/mol. The molecular weight excluding hydrogens is 174 g/mol. The highest BCUT2D eigenvalue weighted by molar-refractivity contribution is 5.05. The molecule has 0 aromatic carbocycles. The highest BCUT2D eigenvalue weighted by Gasteiger charge is 2.02. The Morgan fingerprint density at radius 3 is 2.71 bits per heavy atom. The van der Waals surface area contributed by atoms with Crippen molar-refractivity contribution in [3.05, 3.63) is 18.0 Å². The fraction of sp³-hybridized carbons (Fsp3) is 0.727. The molecule has 1 atom stereocenters. The number of hydrogen-bond acceptors (Lipinski definition) is 2. The van der Waals surface area contributed by atoms with Crippen LogP contribution in [0.25, 0.3) is 0 Å². The first-order chi connectivity index (χ1) is 6.58. The second-order valence-electron chi connectivity index (χ2n) is 4.48. The molecule has 0 spiro atoms. The third kappa shape index (κ3) is 3.92. The van der Waals surface area contributed by atoms with Gasteiger partial charge < -0.3 is 5.73 Å². The molecule has 2 N–H and O–H groups in total. The van der Waals surface area contributed by atoms with Gasteiger partial charge in [-0.15, -0.1) is 0 Å². The Balaban J connectivity index is 2.42. The molecule has 1 aromatic rings. The van der Waals surface area contributed by atoms with Gasteiger partial charge in [0.05, 0.1) is 6.20 Å². The quantitative estimate of drug-likeness (QED) is 0.779. The van der Waals surface area contributed by atoms with E-state index < -0.39 is 0 Å². The fourth-order valence-corrected chi connectivity index (χ4v) is 1.40. The Kier molecular flexibility index (Phi) is 4.14. The number of aromatic nitrogens is 2. The minimum Gasteiger partial charge on any atom is -0.328 e. The van der Waals surface area contributed by atoms with E-state index in [9.17, 15) is 0 Å². The molecule has 0 radical (unpaired) electrons. The van der Waals surface area contributed by atoms with E-state index in [1.54, 1.807) is 0 Å². The third-order valence-corrected chi connectivity index (χ3v) is 2.18. The van der Waals surface area contributed by atoms with Crippen LogP contribution in [-0.4, -0.2) is 15.8 Å². The first-order valence-electron chi connectivity index (χ1n) is 5.35. The highest BCUT2D eigenvalue weighted by atomic mass is 15.3. The van der Waals surface area contributed by atoms with Gasteiger partial charge in [0.1, 0.15) is 0 Å². The van der Waals surface area contributed by atoms with Crippen LogP contribution in [0.2, 0.25) is 0 Å². The van der Waals surface area contributed by atoms with Crippen LogP contribution in [0.3, 0.4) is 0 Å². The summed E-state index contributed by atoms with van der Waals surface area (Å²) in [6.45, 7) is 7.49. The number of hydrogen-bond donors (Lipinski definition) is 1. The highest BCUT2D eigenvalue weighted by Crippen LogP contribution is 2.05. The van der Waals surface area contributed by atoms with Crippen molar-refractivity contribution in [2.45, 2.75) is 46.2 Å². The maximum atomic E-state index is 5.72. The molecule has 0 aliphatic heterocycles. The lowest BCUT2D eigenvalue weighted by Gasteiger charge is -2.04. The van der Waals surface area contributed by atoms with Gasteiger partial charge in [0.15, 0.2) is 0 Å². The average Bonchev–Trinajstić information content (AvgIpc) is 2.47. The third-order valence-electron chi connectivity index (χ3n) is 2.18. The van der Waals surface area contributed by atoms with Crippen molar-refractivity contribution in [3.63, 3.8) is 0 Å². The number of aryl methyl sites for hydroxylation is 1. The Labute approximate surface area is 86.3 Å². The largest absolute Gasteiger partial charge is 0.328 e. The summed E-state index contributed by atoms with van der Waals surface area (Å²) in [5.41, 5.74) is 6.96. The SMILES string of the molecule is CC(C)CCn1cc(CC(C)N)cn1. The minimum atomic E-state index is 0.220. The Bertz CT molecular complexity index is 263. The zero-order valence-electron chi connectivity index (χ0n) is 9.40. The molecule has 1 aromatic heterocycles. The van der Waals surface area contributed by atoms with E-state index in [0.29, 0.717) is 0 Å².